The summed E-state index contributed by atoms with van der Waals surface area (Å²) in [5, 5.41) is 0. The van der Waals surface area contributed by atoms with Crippen LogP contribution in [0, 0.1) is 6.92 Å². The van der Waals surface area contributed by atoms with Crippen LogP contribution in [0.2, 0.25) is 0 Å². The van der Waals surface area contributed by atoms with Gasteiger partial charge in [0.1, 0.15) is 29.5 Å². The molecule has 5 heteroatoms. The summed E-state index contributed by atoms with van der Waals surface area (Å²) in [6.07, 6.45) is 1.50. The molecule has 0 bridgehead atoms. The minimum Gasteiger partial charge on any atom is -0.464 e. The highest BCUT2D eigenvalue weighted by atomic mass is 16.3. The topological polar surface area (TPSA) is 68.2 Å². The maximum absolute atomic E-state index is 5.96. The second kappa shape index (κ2) is 5.30. The van der Waals surface area contributed by atoms with Crippen molar-refractivity contribution in [2.24, 2.45) is 0 Å². The van der Waals surface area contributed by atoms with Gasteiger partial charge in [-0.1, -0.05) is 13.8 Å². The number of nitrogen functional groups attached to an aromatic ring is 1. The Morgan fingerprint density at radius 2 is 2.05 bits per heavy atom. The summed E-state index contributed by atoms with van der Waals surface area (Å²) in [7, 11) is 1.98. The summed E-state index contributed by atoms with van der Waals surface area (Å²) in [6, 6.07) is 3.94. The SMILES string of the molecule is Cc1ccc(CN(C)c2ncnc(N)c2C(C)C)o1. The van der Waals surface area contributed by atoms with E-state index in [2.05, 4.69) is 23.8 Å². The van der Waals surface area contributed by atoms with Gasteiger partial charge in [0.15, 0.2) is 0 Å². The van der Waals surface area contributed by atoms with Gasteiger partial charge in [0.25, 0.3) is 0 Å². The number of hydrogen-bond acceptors (Lipinski definition) is 5. The molecule has 2 N–H and O–H groups in total. The van der Waals surface area contributed by atoms with Crippen LogP contribution in [0.4, 0.5) is 11.6 Å². The van der Waals surface area contributed by atoms with Crippen molar-refractivity contribution in [1.29, 1.82) is 0 Å². The van der Waals surface area contributed by atoms with Crippen LogP contribution in [-0.4, -0.2) is 17.0 Å². The first kappa shape index (κ1) is 13.4. The first-order chi connectivity index (χ1) is 8.99. The Hall–Kier alpha value is -2.04. The molecule has 0 saturated carbocycles. The summed E-state index contributed by atoms with van der Waals surface area (Å²) in [4.78, 5) is 10.5. The van der Waals surface area contributed by atoms with E-state index in [1.807, 2.05) is 31.0 Å². The van der Waals surface area contributed by atoms with E-state index in [-0.39, 0.29) is 5.92 Å². The summed E-state index contributed by atoms with van der Waals surface area (Å²) < 4.78 is 5.59. The molecule has 0 aliphatic carbocycles. The van der Waals surface area contributed by atoms with Crippen molar-refractivity contribution < 1.29 is 4.42 Å². The van der Waals surface area contributed by atoms with Crippen LogP contribution in [-0.2, 0) is 6.54 Å². The van der Waals surface area contributed by atoms with Crippen molar-refractivity contribution in [1.82, 2.24) is 9.97 Å². The second-order valence-electron chi connectivity index (χ2n) is 5.02. The van der Waals surface area contributed by atoms with Gasteiger partial charge in [-0.25, -0.2) is 9.97 Å². The normalized spacial score (nSPS) is 11.0. The van der Waals surface area contributed by atoms with Crippen LogP contribution in [0.5, 0.6) is 0 Å². The summed E-state index contributed by atoms with van der Waals surface area (Å²) in [6.45, 7) is 6.77. The van der Waals surface area contributed by atoms with E-state index >= 15 is 0 Å². The van der Waals surface area contributed by atoms with E-state index in [1.165, 1.54) is 6.33 Å². The van der Waals surface area contributed by atoms with Gasteiger partial charge < -0.3 is 15.1 Å². The lowest BCUT2D eigenvalue weighted by Crippen LogP contribution is -2.20. The minimum atomic E-state index is 0.275. The molecule has 102 valence electrons. The third kappa shape index (κ3) is 2.86. The Balaban J connectivity index is 2.28. The lowest BCUT2D eigenvalue weighted by atomic mass is 10.0. The number of nitrogens with two attached hydrogens (primary N) is 1. The molecule has 0 saturated heterocycles. The molecule has 0 aliphatic rings. The van der Waals surface area contributed by atoms with Crippen LogP contribution >= 0.6 is 0 Å². The molecule has 2 rings (SSSR count). The molecular formula is C14H20N4O. The first-order valence-electron chi connectivity index (χ1n) is 6.36. The van der Waals surface area contributed by atoms with Crippen molar-refractivity contribution in [2.75, 3.05) is 17.7 Å². The van der Waals surface area contributed by atoms with E-state index < -0.39 is 0 Å². The Bertz CT molecular complexity index is 562. The molecule has 0 amide bonds. The number of aromatic nitrogens is 2. The monoisotopic (exact) mass is 260 g/mol. The van der Waals surface area contributed by atoms with Crippen LogP contribution in [0.3, 0.4) is 0 Å². The third-order valence-corrected chi connectivity index (χ3v) is 3.02. The minimum absolute atomic E-state index is 0.275. The van der Waals surface area contributed by atoms with Gasteiger partial charge in [-0.3, -0.25) is 0 Å². The molecule has 0 fully saturated rings. The largest absolute Gasteiger partial charge is 0.464 e. The molecule has 0 radical (unpaired) electrons. The Morgan fingerprint density at radius 1 is 1.32 bits per heavy atom. The van der Waals surface area contributed by atoms with Gasteiger partial charge in [-0.15, -0.1) is 0 Å². The van der Waals surface area contributed by atoms with Crippen LogP contribution in [0.1, 0.15) is 36.8 Å². The number of furan rings is 1. The lowest BCUT2D eigenvalue weighted by molar-refractivity contribution is 0.481. The number of hydrogen-bond donors (Lipinski definition) is 1. The van der Waals surface area contributed by atoms with Crippen molar-refractivity contribution in [3.63, 3.8) is 0 Å². The Morgan fingerprint density at radius 3 is 2.63 bits per heavy atom. The van der Waals surface area contributed by atoms with Crippen molar-refractivity contribution in [3.05, 3.63) is 35.5 Å². The highest BCUT2D eigenvalue weighted by Gasteiger charge is 2.17. The zero-order valence-corrected chi connectivity index (χ0v) is 11.8. The third-order valence-electron chi connectivity index (χ3n) is 3.02. The van der Waals surface area contributed by atoms with E-state index in [1.54, 1.807) is 0 Å². The van der Waals surface area contributed by atoms with E-state index in [9.17, 15) is 0 Å². The molecule has 2 aromatic rings. The molecule has 0 spiro atoms. The number of anilines is 2. The zero-order valence-electron chi connectivity index (χ0n) is 11.8. The van der Waals surface area contributed by atoms with Crippen LogP contribution in [0.15, 0.2) is 22.9 Å². The van der Waals surface area contributed by atoms with Crippen LogP contribution in [0.25, 0.3) is 0 Å². The summed E-state index contributed by atoms with van der Waals surface area (Å²) in [5.74, 6) is 3.50. The van der Waals surface area contributed by atoms with Crippen molar-refractivity contribution >= 4 is 11.6 Å². The first-order valence-corrected chi connectivity index (χ1v) is 6.36. The molecule has 0 atom stereocenters. The fraction of sp³-hybridized carbons (Fsp3) is 0.429. The average molecular weight is 260 g/mol. The summed E-state index contributed by atoms with van der Waals surface area (Å²) >= 11 is 0. The highest BCUT2D eigenvalue weighted by molar-refractivity contribution is 5.57. The average Bonchev–Trinajstić information content (AvgIpc) is 2.73. The number of rotatable bonds is 4. The fourth-order valence-corrected chi connectivity index (χ4v) is 2.14. The second-order valence-corrected chi connectivity index (χ2v) is 5.02. The van der Waals surface area contributed by atoms with E-state index in [0.717, 1.165) is 22.9 Å². The number of nitrogens with zero attached hydrogens (tertiary/aromatic N) is 3. The predicted molar refractivity (Wildman–Crippen MR) is 76.1 cm³/mol. The Labute approximate surface area is 113 Å². The van der Waals surface area contributed by atoms with Gasteiger partial charge >= 0.3 is 0 Å². The molecule has 19 heavy (non-hydrogen) atoms. The Kier molecular flexibility index (Phi) is 3.74. The summed E-state index contributed by atoms with van der Waals surface area (Å²) in [5.41, 5.74) is 6.94. The smallest absolute Gasteiger partial charge is 0.137 e. The molecule has 5 nitrogen and oxygen atoms in total. The predicted octanol–water partition coefficient (Wildman–Crippen LogP) is 2.72. The van der Waals surface area contributed by atoms with Crippen LogP contribution < -0.4 is 10.6 Å². The van der Waals surface area contributed by atoms with Gasteiger partial charge in [0.2, 0.25) is 0 Å². The maximum atomic E-state index is 5.96. The lowest BCUT2D eigenvalue weighted by Gasteiger charge is -2.22. The van der Waals surface area contributed by atoms with Gasteiger partial charge in [0, 0.05) is 12.6 Å². The molecular weight excluding hydrogens is 240 g/mol. The number of aryl methyl sites for hydroxylation is 1. The van der Waals surface area contributed by atoms with Gasteiger partial charge in [0.05, 0.1) is 6.54 Å². The molecule has 0 unspecified atom stereocenters. The molecule has 0 aliphatic heterocycles. The van der Waals surface area contributed by atoms with Gasteiger partial charge in [-0.2, -0.15) is 0 Å². The molecule has 2 heterocycles. The highest BCUT2D eigenvalue weighted by Crippen LogP contribution is 2.29. The fourth-order valence-electron chi connectivity index (χ4n) is 2.14. The molecule has 0 aromatic carbocycles. The maximum Gasteiger partial charge on any atom is 0.137 e. The molecule has 2 aromatic heterocycles. The quantitative estimate of drug-likeness (QED) is 0.915. The van der Waals surface area contributed by atoms with E-state index in [4.69, 9.17) is 10.2 Å². The van der Waals surface area contributed by atoms with Gasteiger partial charge in [-0.05, 0) is 25.0 Å². The van der Waals surface area contributed by atoms with E-state index in [0.29, 0.717) is 12.4 Å². The van der Waals surface area contributed by atoms with Crippen molar-refractivity contribution in [2.45, 2.75) is 33.2 Å². The van der Waals surface area contributed by atoms with Crippen molar-refractivity contribution in [3.8, 4) is 0 Å². The zero-order chi connectivity index (χ0) is 14.0. The standard InChI is InChI=1S/C14H20N4O/c1-9(2)12-13(15)16-8-17-14(12)18(4)7-11-6-5-10(3)19-11/h5-6,8-9H,7H2,1-4H3,(H2,15,16,17).